The van der Waals surface area contributed by atoms with Gasteiger partial charge in [-0.2, -0.15) is 0 Å². The molecule has 0 aliphatic carbocycles. The minimum atomic E-state index is 0. The van der Waals surface area contributed by atoms with Gasteiger partial charge in [0.1, 0.15) is 0 Å². The van der Waals surface area contributed by atoms with Crippen molar-refractivity contribution in [3.05, 3.63) is 35.9 Å². The lowest BCUT2D eigenvalue weighted by atomic mass is 10.1. The molecule has 4 rings (SSSR count). The van der Waals surface area contributed by atoms with E-state index < -0.39 is 0 Å². The molecule has 1 N–H and O–H groups in total. The normalized spacial score (nSPS) is 29.5. The number of nitrogens with zero attached hydrogens (tertiary/aromatic N) is 4. The maximum atomic E-state index is 6.14. The average molecular weight is 558 g/mol. The summed E-state index contributed by atoms with van der Waals surface area (Å²) in [4.78, 5) is 12.0. The van der Waals surface area contributed by atoms with Crippen LogP contribution in [0.3, 0.4) is 0 Å². The van der Waals surface area contributed by atoms with Gasteiger partial charge in [0.2, 0.25) is 0 Å². The van der Waals surface area contributed by atoms with Gasteiger partial charge in [0.05, 0.1) is 31.0 Å². The summed E-state index contributed by atoms with van der Waals surface area (Å²) in [5.41, 5.74) is 1.37. The van der Waals surface area contributed by atoms with E-state index in [2.05, 4.69) is 69.2 Å². The zero-order chi connectivity index (χ0) is 21.6. The lowest BCUT2D eigenvalue weighted by molar-refractivity contribution is -0.0679. The molecule has 8 heteroatoms. The summed E-state index contributed by atoms with van der Waals surface area (Å²) in [6.45, 7) is 13.1. The second kappa shape index (κ2) is 12.5. The molecule has 32 heavy (non-hydrogen) atoms. The van der Waals surface area contributed by atoms with E-state index in [1.807, 2.05) is 7.05 Å². The lowest BCUT2D eigenvalue weighted by Gasteiger charge is -2.36. The van der Waals surface area contributed by atoms with Gasteiger partial charge >= 0.3 is 0 Å². The molecule has 1 aromatic rings. The first-order valence-electron chi connectivity index (χ1n) is 11.9. The lowest BCUT2D eigenvalue weighted by Crippen LogP contribution is -2.50. The van der Waals surface area contributed by atoms with Crippen LogP contribution in [0.2, 0.25) is 0 Å². The van der Waals surface area contributed by atoms with E-state index >= 15 is 0 Å². The van der Waals surface area contributed by atoms with Gasteiger partial charge in [-0.25, -0.2) is 0 Å². The number of fused-ring (bicyclic) bond motifs is 1. The molecule has 4 atom stereocenters. The molecular formula is C24H40IN5O2. The molecule has 4 unspecified atom stereocenters. The molecule has 3 heterocycles. The van der Waals surface area contributed by atoms with Crippen LogP contribution in [0.25, 0.3) is 0 Å². The number of rotatable bonds is 6. The third-order valence-corrected chi connectivity index (χ3v) is 6.59. The van der Waals surface area contributed by atoms with Gasteiger partial charge < -0.3 is 19.7 Å². The van der Waals surface area contributed by atoms with Crippen molar-refractivity contribution in [3.8, 4) is 0 Å². The number of hydrogen-bond acceptors (Lipinski definition) is 5. The smallest absolute Gasteiger partial charge is 0.193 e. The Morgan fingerprint density at radius 3 is 2.56 bits per heavy atom. The summed E-state index contributed by atoms with van der Waals surface area (Å²) in [6.07, 6.45) is 2.02. The van der Waals surface area contributed by atoms with Crippen LogP contribution >= 0.6 is 24.0 Å². The van der Waals surface area contributed by atoms with Crippen molar-refractivity contribution in [1.82, 2.24) is 20.0 Å². The summed E-state index contributed by atoms with van der Waals surface area (Å²) in [5, 5.41) is 3.59. The molecule has 3 aliphatic heterocycles. The van der Waals surface area contributed by atoms with Crippen molar-refractivity contribution in [2.45, 2.75) is 51.2 Å². The highest BCUT2D eigenvalue weighted by atomic mass is 127. The number of halogens is 1. The van der Waals surface area contributed by atoms with Gasteiger partial charge in [0.15, 0.2) is 5.96 Å². The highest BCUT2D eigenvalue weighted by Gasteiger charge is 2.41. The molecule has 3 aliphatic rings. The van der Waals surface area contributed by atoms with E-state index in [0.717, 1.165) is 71.3 Å². The van der Waals surface area contributed by atoms with Crippen LogP contribution in [-0.4, -0.2) is 104 Å². The molecule has 0 saturated carbocycles. The van der Waals surface area contributed by atoms with Gasteiger partial charge in [0, 0.05) is 59.4 Å². The number of likely N-dealkylation sites (tertiary alicyclic amines) is 1. The molecular weight excluding hydrogens is 517 g/mol. The largest absolute Gasteiger partial charge is 0.373 e. The van der Waals surface area contributed by atoms with Crippen LogP contribution in [0, 0.1) is 0 Å². The predicted octanol–water partition coefficient (Wildman–Crippen LogP) is 2.26. The maximum absolute atomic E-state index is 6.14. The van der Waals surface area contributed by atoms with Crippen LogP contribution in [0.15, 0.2) is 35.3 Å². The number of aliphatic imine (C=N–C) groups is 1. The number of guanidine groups is 1. The van der Waals surface area contributed by atoms with Crippen LogP contribution in [0.5, 0.6) is 0 Å². The Kier molecular flexibility index (Phi) is 10.0. The fourth-order valence-electron chi connectivity index (χ4n) is 5.25. The van der Waals surface area contributed by atoms with E-state index in [4.69, 9.17) is 9.47 Å². The van der Waals surface area contributed by atoms with E-state index in [0.29, 0.717) is 18.2 Å². The van der Waals surface area contributed by atoms with Crippen molar-refractivity contribution in [2.75, 3.05) is 59.5 Å². The third kappa shape index (κ3) is 6.79. The zero-order valence-corrected chi connectivity index (χ0v) is 22.1. The maximum Gasteiger partial charge on any atom is 0.193 e. The van der Waals surface area contributed by atoms with Crippen molar-refractivity contribution in [1.29, 1.82) is 0 Å². The Bertz CT molecular complexity index is 712. The Morgan fingerprint density at radius 2 is 1.84 bits per heavy atom. The molecule has 180 valence electrons. The summed E-state index contributed by atoms with van der Waals surface area (Å²) < 4.78 is 12.0. The van der Waals surface area contributed by atoms with Gasteiger partial charge in [-0.3, -0.25) is 14.8 Å². The van der Waals surface area contributed by atoms with Crippen molar-refractivity contribution >= 4 is 29.9 Å². The fraction of sp³-hybridized carbons (Fsp3) is 0.708. The van der Waals surface area contributed by atoms with Gasteiger partial charge in [-0.05, 0) is 25.8 Å². The molecule has 3 fully saturated rings. The summed E-state index contributed by atoms with van der Waals surface area (Å²) in [6, 6.07) is 11.2. The first-order chi connectivity index (χ1) is 15.1. The number of hydrogen-bond donors (Lipinski definition) is 1. The number of nitrogens with one attached hydrogen (secondary N) is 1. The quantitative estimate of drug-likeness (QED) is 0.251. The second-order valence-corrected chi connectivity index (χ2v) is 9.18. The summed E-state index contributed by atoms with van der Waals surface area (Å²) in [7, 11) is 1.89. The van der Waals surface area contributed by atoms with Gasteiger partial charge in [-0.15, -0.1) is 24.0 Å². The molecule has 0 amide bonds. The topological polar surface area (TPSA) is 52.6 Å². The number of ether oxygens (including phenoxy) is 2. The van der Waals surface area contributed by atoms with Gasteiger partial charge in [0.25, 0.3) is 0 Å². The molecule has 0 spiro atoms. The van der Waals surface area contributed by atoms with Crippen molar-refractivity contribution < 1.29 is 9.47 Å². The molecule has 7 nitrogen and oxygen atoms in total. The molecule has 1 aromatic carbocycles. The third-order valence-electron chi connectivity index (χ3n) is 6.59. The van der Waals surface area contributed by atoms with E-state index in [9.17, 15) is 0 Å². The van der Waals surface area contributed by atoms with Gasteiger partial charge in [-0.1, -0.05) is 30.3 Å². The van der Waals surface area contributed by atoms with E-state index in [-0.39, 0.29) is 30.1 Å². The van der Waals surface area contributed by atoms with E-state index in [1.165, 1.54) is 5.56 Å². The SMILES string of the molecule is CN=C(NCCCN1CC(C)OC(C)C1)N1CC2OCCN(Cc3ccccc3)C2C1.I. The second-order valence-electron chi connectivity index (χ2n) is 9.18. The Morgan fingerprint density at radius 1 is 1.09 bits per heavy atom. The predicted molar refractivity (Wildman–Crippen MR) is 140 cm³/mol. The first kappa shape index (κ1) is 25.7. The highest BCUT2D eigenvalue weighted by molar-refractivity contribution is 14.0. The number of benzene rings is 1. The Hall–Kier alpha value is -0.940. The van der Waals surface area contributed by atoms with Crippen LogP contribution < -0.4 is 5.32 Å². The van der Waals surface area contributed by atoms with Crippen molar-refractivity contribution in [2.24, 2.45) is 4.99 Å². The zero-order valence-electron chi connectivity index (χ0n) is 19.8. The molecule has 3 saturated heterocycles. The highest BCUT2D eigenvalue weighted by Crippen LogP contribution is 2.24. The van der Waals surface area contributed by atoms with Crippen LogP contribution in [0.1, 0.15) is 25.8 Å². The average Bonchev–Trinajstić information content (AvgIpc) is 3.19. The van der Waals surface area contributed by atoms with Crippen LogP contribution in [-0.2, 0) is 16.0 Å². The summed E-state index contributed by atoms with van der Waals surface area (Å²) >= 11 is 0. The van der Waals surface area contributed by atoms with Crippen LogP contribution in [0.4, 0.5) is 0 Å². The van der Waals surface area contributed by atoms with Crippen molar-refractivity contribution in [3.63, 3.8) is 0 Å². The summed E-state index contributed by atoms with van der Waals surface area (Å²) in [5.74, 6) is 1.00. The molecule has 0 bridgehead atoms. The minimum Gasteiger partial charge on any atom is -0.373 e. The Labute approximate surface area is 210 Å². The monoisotopic (exact) mass is 557 g/mol. The number of morpholine rings is 2. The first-order valence-corrected chi connectivity index (χ1v) is 11.9. The molecule has 0 radical (unpaired) electrons. The standard InChI is InChI=1S/C24H39N5O2.HI/c1-19-14-27(15-20(2)31-19)11-7-10-26-24(25-3)29-17-22-23(18-29)30-13-12-28(22)16-21-8-5-4-6-9-21;/h4-6,8-9,19-20,22-23H,7,10-18H2,1-3H3,(H,25,26);1H. The fourth-order valence-corrected chi connectivity index (χ4v) is 5.25. The molecule has 0 aromatic heterocycles. The minimum absolute atomic E-state index is 0. The Balaban J connectivity index is 0.00000289. The van der Waals surface area contributed by atoms with E-state index in [1.54, 1.807) is 0 Å².